The summed E-state index contributed by atoms with van der Waals surface area (Å²) in [4.78, 5) is 13.7. The average molecular weight is 251 g/mol. The van der Waals surface area contributed by atoms with E-state index in [1.165, 1.54) is 19.2 Å². The van der Waals surface area contributed by atoms with Crippen molar-refractivity contribution in [2.24, 2.45) is 5.11 Å². The van der Waals surface area contributed by atoms with E-state index in [0.717, 1.165) is 19.3 Å². The summed E-state index contributed by atoms with van der Waals surface area (Å²) in [5.74, 6) is -1.11. The van der Waals surface area contributed by atoms with Crippen LogP contribution in [0.3, 0.4) is 0 Å². The van der Waals surface area contributed by atoms with Gasteiger partial charge in [0.1, 0.15) is 17.3 Å². The molecule has 1 rings (SSSR count). The number of hydrogen-bond acceptors (Lipinski definition) is 4. The molecule has 0 heterocycles. The number of carbonyl (C=O) groups excluding carboxylic acids is 1. The number of methoxy groups -OCH3 is 2. The highest BCUT2D eigenvalue weighted by Crippen LogP contribution is 2.19. The average Bonchev–Trinajstić information content (AvgIpc) is 2.39. The number of hydrogen-bond donors (Lipinski definition) is 0. The molecule has 18 heavy (non-hydrogen) atoms. The summed E-state index contributed by atoms with van der Waals surface area (Å²) < 4.78 is 22.8. The number of halogens is 1. The summed E-state index contributed by atoms with van der Waals surface area (Å²) in [7, 11) is 2.54. The van der Waals surface area contributed by atoms with Crippen LogP contribution in [-0.4, -0.2) is 20.2 Å². The highest BCUT2D eigenvalue weighted by Gasteiger charge is 2.09. The van der Waals surface area contributed by atoms with Crippen molar-refractivity contribution in [3.8, 4) is 5.75 Å². The molecule has 0 saturated carbocycles. The standard InChI is InChI=1S/C11H10FN3O3/c1-17-8-4-3-7(9(12)6-8)5-10(14-15-13)11(16)18-2/h3-6H,1-2H3/b10-5-. The molecule has 0 fully saturated rings. The molecule has 0 spiro atoms. The molecule has 0 aliphatic heterocycles. The molecule has 1 aromatic rings. The molecule has 7 heteroatoms. The first-order valence-electron chi connectivity index (χ1n) is 4.81. The van der Waals surface area contributed by atoms with Crippen molar-refractivity contribution in [3.05, 3.63) is 45.7 Å². The van der Waals surface area contributed by atoms with Gasteiger partial charge in [0, 0.05) is 16.5 Å². The van der Waals surface area contributed by atoms with Gasteiger partial charge >= 0.3 is 5.97 Å². The zero-order chi connectivity index (χ0) is 13.5. The Hall–Kier alpha value is -2.53. The van der Waals surface area contributed by atoms with Gasteiger partial charge in [-0.3, -0.25) is 0 Å². The molecule has 0 atom stereocenters. The van der Waals surface area contributed by atoms with Crippen molar-refractivity contribution >= 4 is 12.0 Å². The quantitative estimate of drug-likeness (QED) is 0.271. The first kappa shape index (κ1) is 13.5. The minimum absolute atomic E-state index is 0.0867. The molecule has 0 amide bonds. The van der Waals surface area contributed by atoms with Gasteiger partial charge in [-0.1, -0.05) is 5.11 Å². The van der Waals surface area contributed by atoms with Crippen LogP contribution in [0.2, 0.25) is 0 Å². The Morgan fingerprint density at radius 2 is 2.22 bits per heavy atom. The molecule has 0 aliphatic rings. The number of azide groups is 1. The topological polar surface area (TPSA) is 84.3 Å². The largest absolute Gasteiger partial charge is 0.497 e. The second-order valence-corrected chi connectivity index (χ2v) is 3.10. The van der Waals surface area contributed by atoms with Gasteiger partial charge in [0.25, 0.3) is 0 Å². The maximum Gasteiger partial charge on any atom is 0.340 e. The van der Waals surface area contributed by atoms with E-state index in [1.54, 1.807) is 0 Å². The van der Waals surface area contributed by atoms with E-state index >= 15 is 0 Å². The summed E-state index contributed by atoms with van der Waals surface area (Å²) >= 11 is 0. The van der Waals surface area contributed by atoms with E-state index in [-0.39, 0.29) is 11.3 Å². The molecule has 0 radical (unpaired) electrons. The van der Waals surface area contributed by atoms with Gasteiger partial charge in [0.05, 0.1) is 14.2 Å². The van der Waals surface area contributed by atoms with Crippen LogP contribution in [0, 0.1) is 5.82 Å². The van der Waals surface area contributed by atoms with Crippen LogP contribution in [0.5, 0.6) is 5.75 Å². The highest BCUT2D eigenvalue weighted by atomic mass is 19.1. The lowest BCUT2D eigenvalue weighted by molar-refractivity contribution is -0.136. The second-order valence-electron chi connectivity index (χ2n) is 3.10. The number of rotatable bonds is 4. The van der Waals surface area contributed by atoms with Crippen molar-refractivity contribution in [2.75, 3.05) is 14.2 Å². The highest BCUT2D eigenvalue weighted by molar-refractivity contribution is 5.93. The van der Waals surface area contributed by atoms with Crippen molar-refractivity contribution in [3.63, 3.8) is 0 Å². The van der Waals surface area contributed by atoms with Crippen molar-refractivity contribution in [1.82, 2.24) is 0 Å². The number of benzene rings is 1. The fraction of sp³-hybridized carbons (Fsp3) is 0.182. The number of esters is 1. The zero-order valence-electron chi connectivity index (χ0n) is 9.75. The van der Waals surface area contributed by atoms with Gasteiger partial charge in [-0.15, -0.1) is 0 Å². The van der Waals surface area contributed by atoms with E-state index in [1.807, 2.05) is 0 Å². The third kappa shape index (κ3) is 3.23. The Bertz CT molecular complexity index is 536. The lowest BCUT2D eigenvalue weighted by atomic mass is 10.1. The predicted octanol–water partition coefficient (Wildman–Crippen LogP) is 2.66. The maximum absolute atomic E-state index is 13.6. The van der Waals surface area contributed by atoms with Crippen LogP contribution in [0.15, 0.2) is 29.0 Å². The van der Waals surface area contributed by atoms with E-state index in [2.05, 4.69) is 14.8 Å². The minimum atomic E-state index is -0.844. The van der Waals surface area contributed by atoms with Gasteiger partial charge in [0.15, 0.2) is 0 Å². The molecular weight excluding hydrogens is 241 g/mol. The van der Waals surface area contributed by atoms with Crippen LogP contribution in [0.1, 0.15) is 5.56 Å². The lowest BCUT2D eigenvalue weighted by Crippen LogP contribution is -2.02. The maximum atomic E-state index is 13.6. The first-order valence-corrected chi connectivity index (χ1v) is 4.81. The molecule has 0 aromatic heterocycles. The number of ether oxygens (including phenoxy) is 2. The van der Waals surface area contributed by atoms with Gasteiger partial charge < -0.3 is 9.47 Å². The molecule has 94 valence electrons. The smallest absolute Gasteiger partial charge is 0.340 e. The summed E-state index contributed by atoms with van der Waals surface area (Å²) in [6.07, 6.45) is 1.10. The lowest BCUT2D eigenvalue weighted by Gasteiger charge is -2.03. The minimum Gasteiger partial charge on any atom is -0.497 e. The van der Waals surface area contributed by atoms with Crippen molar-refractivity contribution in [2.45, 2.75) is 0 Å². The molecule has 0 N–H and O–H groups in total. The van der Waals surface area contributed by atoms with Gasteiger partial charge in [-0.05, 0) is 23.7 Å². The third-order valence-electron chi connectivity index (χ3n) is 2.05. The normalized spacial score (nSPS) is 10.5. The number of nitrogens with zero attached hydrogens (tertiary/aromatic N) is 3. The first-order chi connectivity index (χ1) is 8.62. The SMILES string of the molecule is COC(=O)/C(=C/c1ccc(OC)cc1F)N=[N+]=[N-]. The predicted molar refractivity (Wildman–Crippen MR) is 62.1 cm³/mol. The molecule has 6 nitrogen and oxygen atoms in total. The molecular formula is C11H10FN3O3. The zero-order valence-corrected chi connectivity index (χ0v) is 9.75. The van der Waals surface area contributed by atoms with Gasteiger partial charge in [-0.25, -0.2) is 9.18 Å². The Kier molecular flexibility index (Phi) is 4.71. The molecule has 0 bridgehead atoms. The molecule has 1 aromatic carbocycles. The third-order valence-corrected chi connectivity index (χ3v) is 2.05. The second kappa shape index (κ2) is 6.27. The van der Waals surface area contributed by atoms with Crippen LogP contribution in [0.25, 0.3) is 16.5 Å². The monoisotopic (exact) mass is 251 g/mol. The fourth-order valence-electron chi connectivity index (χ4n) is 1.18. The Balaban J connectivity index is 3.19. The molecule has 0 aliphatic carbocycles. The summed E-state index contributed by atoms with van der Waals surface area (Å²) in [6, 6.07) is 4.06. The fourth-order valence-corrected chi connectivity index (χ4v) is 1.18. The molecule has 0 saturated heterocycles. The van der Waals surface area contributed by atoms with Crippen LogP contribution >= 0.6 is 0 Å². The number of carbonyl (C=O) groups is 1. The van der Waals surface area contributed by atoms with E-state index < -0.39 is 11.8 Å². The Morgan fingerprint density at radius 3 is 2.72 bits per heavy atom. The Morgan fingerprint density at radius 1 is 1.50 bits per heavy atom. The van der Waals surface area contributed by atoms with Crippen molar-refractivity contribution in [1.29, 1.82) is 0 Å². The van der Waals surface area contributed by atoms with Crippen LogP contribution in [-0.2, 0) is 9.53 Å². The van der Waals surface area contributed by atoms with Crippen LogP contribution < -0.4 is 4.74 Å². The van der Waals surface area contributed by atoms with Gasteiger partial charge in [0.2, 0.25) is 0 Å². The van der Waals surface area contributed by atoms with Gasteiger partial charge in [-0.2, -0.15) is 0 Å². The Labute approximate surface area is 102 Å². The molecule has 0 unspecified atom stereocenters. The summed E-state index contributed by atoms with van der Waals surface area (Å²) in [5, 5.41) is 3.14. The summed E-state index contributed by atoms with van der Waals surface area (Å²) in [5.41, 5.74) is 8.06. The van der Waals surface area contributed by atoms with Crippen LogP contribution in [0.4, 0.5) is 4.39 Å². The van der Waals surface area contributed by atoms with E-state index in [4.69, 9.17) is 10.3 Å². The van der Waals surface area contributed by atoms with Crippen molar-refractivity contribution < 1.29 is 18.7 Å². The summed E-state index contributed by atoms with van der Waals surface area (Å²) in [6.45, 7) is 0. The van der Waals surface area contributed by atoms with E-state index in [9.17, 15) is 9.18 Å². The van der Waals surface area contributed by atoms with E-state index in [0.29, 0.717) is 5.75 Å².